The number of aryl methyl sites for hydroxylation is 2. The van der Waals surface area contributed by atoms with E-state index in [0.29, 0.717) is 0 Å². The second-order valence-electron chi connectivity index (χ2n) is 3.93. The van der Waals surface area contributed by atoms with Crippen molar-refractivity contribution in [1.82, 2.24) is 4.98 Å². The Morgan fingerprint density at radius 1 is 1.47 bits per heavy atom. The summed E-state index contributed by atoms with van der Waals surface area (Å²) in [4.78, 5) is 4.37. The molecule has 0 radical (unpaired) electrons. The molecule has 1 N–H and O–H groups in total. The molecule has 1 aromatic heterocycles. The van der Waals surface area contributed by atoms with Gasteiger partial charge in [0.25, 0.3) is 0 Å². The van der Waals surface area contributed by atoms with E-state index in [4.69, 9.17) is 4.74 Å². The number of hydrogen-bond donors (Lipinski definition) is 1. The second-order valence-corrected chi connectivity index (χ2v) is 3.93. The first-order chi connectivity index (χ1) is 7.06. The van der Waals surface area contributed by atoms with E-state index in [1.165, 1.54) is 0 Å². The maximum Gasteiger partial charge on any atom is 0.128 e. The van der Waals surface area contributed by atoms with E-state index in [9.17, 15) is 5.11 Å². The van der Waals surface area contributed by atoms with E-state index in [1.54, 1.807) is 14.0 Å². The number of pyridine rings is 1. The van der Waals surface area contributed by atoms with Gasteiger partial charge in [0.15, 0.2) is 0 Å². The zero-order valence-electron chi connectivity index (χ0n) is 9.87. The molecular formula is C12H19NO2. The van der Waals surface area contributed by atoms with Crippen LogP contribution >= 0.6 is 0 Å². The van der Waals surface area contributed by atoms with Crippen molar-refractivity contribution in [3.63, 3.8) is 0 Å². The Bertz CT molecular complexity index is 335. The zero-order chi connectivity index (χ0) is 11.4. The number of ether oxygens (including phenoxy) is 1. The molecule has 84 valence electrons. The number of hydrogen-bond acceptors (Lipinski definition) is 3. The first-order valence-corrected chi connectivity index (χ1v) is 5.23. The van der Waals surface area contributed by atoms with Gasteiger partial charge in [0.05, 0.1) is 13.2 Å². The molecule has 1 heterocycles. The smallest absolute Gasteiger partial charge is 0.128 e. The molecule has 0 amide bonds. The van der Waals surface area contributed by atoms with Gasteiger partial charge in [-0.1, -0.05) is 0 Å². The van der Waals surface area contributed by atoms with Gasteiger partial charge in [0.2, 0.25) is 0 Å². The first kappa shape index (κ1) is 12.0. The van der Waals surface area contributed by atoms with Crippen LogP contribution in [0.2, 0.25) is 0 Å². The summed E-state index contributed by atoms with van der Waals surface area (Å²) in [7, 11) is 1.67. The number of nitrogens with zero attached hydrogens (tertiary/aromatic N) is 1. The van der Waals surface area contributed by atoms with Crippen molar-refractivity contribution in [3.05, 3.63) is 23.0 Å². The Labute approximate surface area is 91.1 Å². The Morgan fingerprint density at radius 3 is 2.67 bits per heavy atom. The third-order valence-electron chi connectivity index (χ3n) is 2.55. The van der Waals surface area contributed by atoms with Crippen molar-refractivity contribution in [2.75, 3.05) is 7.11 Å². The Hall–Kier alpha value is -1.09. The number of aromatic nitrogens is 1. The summed E-state index contributed by atoms with van der Waals surface area (Å²) in [5.41, 5.74) is 3.15. The van der Waals surface area contributed by atoms with Gasteiger partial charge in [-0.2, -0.15) is 0 Å². The van der Waals surface area contributed by atoms with Crippen LogP contribution in [0.1, 0.15) is 30.2 Å². The molecule has 0 spiro atoms. The van der Waals surface area contributed by atoms with Crippen LogP contribution in [0.15, 0.2) is 6.20 Å². The Morgan fingerprint density at radius 2 is 2.13 bits per heavy atom. The summed E-state index contributed by atoms with van der Waals surface area (Å²) >= 11 is 0. The van der Waals surface area contributed by atoms with E-state index in [2.05, 4.69) is 4.98 Å². The third-order valence-corrected chi connectivity index (χ3v) is 2.55. The lowest BCUT2D eigenvalue weighted by Crippen LogP contribution is -2.05. The molecule has 1 unspecified atom stereocenters. The fourth-order valence-corrected chi connectivity index (χ4v) is 1.67. The Balaban J connectivity index is 2.90. The highest BCUT2D eigenvalue weighted by Crippen LogP contribution is 2.24. The monoisotopic (exact) mass is 209 g/mol. The molecule has 3 heteroatoms. The van der Waals surface area contributed by atoms with Crippen LogP contribution in [-0.4, -0.2) is 23.3 Å². The van der Waals surface area contributed by atoms with Crippen LogP contribution < -0.4 is 4.74 Å². The van der Waals surface area contributed by atoms with Crippen LogP contribution in [0.3, 0.4) is 0 Å². The minimum Gasteiger partial charge on any atom is -0.496 e. The number of aliphatic hydroxyl groups excluding tert-OH is 1. The molecule has 1 rings (SSSR count). The average molecular weight is 209 g/mol. The van der Waals surface area contributed by atoms with E-state index >= 15 is 0 Å². The molecule has 0 aliphatic heterocycles. The highest BCUT2D eigenvalue weighted by Gasteiger charge is 2.09. The maximum atomic E-state index is 9.23. The third kappa shape index (κ3) is 2.93. The molecular weight excluding hydrogens is 190 g/mol. The van der Waals surface area contributed by atoms with Crippen molar-refractivity contribution in [3.8, 4) is 5.75 Å². The average Bonchev–Trinajstić information content (AvgIpc) is 2.17. The summed E-state index contributed by atoms with van der Waals surface area (Å²) in [5.74, 6) is 0.908. The topological polar surface area (TPSA) is 42.4 Å². The normalized spacial score (nSPS) is 12.6. The molecule has 15 heavy (non-hydrogen) atoms. The highest BCUT2D eigenvalue weighted by molar-refractivity contribution is 5.41. The molecule has 0 bridgehead atoms. The summed E-state index contributed by atoms with van der Waals surface area (Å²) in [5, 5.41) is 9.23. The second kappa shape index (κ2) is 5.12. The fraction of sp³-hybridized carbons (Fsp3) is 0.583. The van der Waals surface area contributed by atoms with Gasteiger partial charge in [0.1, 0.15) is 5.75 Å². The summed E-state index contributed by atoms with van der Waals surface area (Å²) in [6, 6.07) is 0. The van der Waals surface area contributed by atoms with E-state index in [0.717, 1.165) is 35.4 Å². The molecule has 1 aromatic rings. The number of aliphatic hydroxyl groups is 1. The summed E-state index contributed by atoms with van der Waals surface area (Å²) in [6.07, 6.45) is 3.07. The summed E-state index contributed by atoms with van der Waals surface area (Å²) in [6.45, 7) is 5.79. The van der Waals surface area contributed by atoms with E-state index < -0.39 is 0 Å². The standard InChI is InChI=1S/C12H19NO2/c1-8-7-13-11(6-5-9(2)14)10(3)12(8)15-4/h7,9,14H,5-6H2,1-4H3. The van der Waals surface area contributed by atoms with Crippen LogP contribution in [0, 0.1) is 13.8 Å². The van der Waals surface area contributed by atoms with Gasteiger partial charge in [-0.15, -0.1) is 0 Å². The Kier molecular flexibility index (Phi) is 4.09. The van der Waals surface area contributed by atoms with Crippen molar-refractivity contribution in [2.24, 2.45) is 0 Å². The molecule has 0 fully saturated rings. The van der Waals surface area contributed by atoms with Crippen LogP contribution in [0.25, 0.3) is 0 Å². The SMILES string of the molecule is COc1c(C)cnc(CCC(C)O)c1C. The van der Waals surface area contributed by atoms with Gasteiger partial charge in [-0.05, 0) is 33.6 Å². The number of methoxy groups -OCH3 is 1. The predicted molar refractivity (Wildman–Crippen MR) is 60.3 cm³/mol. The highest BCUT2D eigenvalue weighted by atomic mass is 16.5. The molecule has 3 nitrogen and oxygen atoms in total. The molecule has 1 atom stereocenters. The van der Waals surface area contributed by atoms with Crippen LogP contribution in [0.4, 0.5) is 0 Å². The zero-order valence-corrected chi connectivity index (χ0v) is 9.87. The molecule has 0 aliphatic carbocycles. The van der Waals surface area contributed by atoms with E-state index in [-0.39, 0.29) is 6.10 Å². The van der Waals surface area contributed by atoms with Gasteiger partial charge >= 0.3 is 0 Å². The van der Waals surface area contributed by atoms with Crippen molar-refractivity contribution >= 4 is 0 Å². The lowest BCUT2D eigenvalue weighted by Gasteiger charge is -2.12. The number of rotatable bonds is 4. The fourth-order valence-electron chi connectivity index (χ4n) is 1.67. The minimum absolute atomic E-state index is 0.279. The minimum atomic E-state index is -0.279. The van der Waals surface area contributed by atoms with E-state index in [1.807, 2.05) is 20.0 Å². The van der Waals surface area contributed by atoms with Crippen molar-refractivity contribution in [1.29, 1.82) is 0 Å². The largest absolute Gasteiger partial charge is 0.496 e. The molecule has 0 saturated heterocycles. The lowest BCUT2D eigenvalue weighted by atomic mass is 10.1. The predicted octanol–water partition coefficient (Wildman–Crippen LogP) is 2.02. The van der Waals surface area contributed by atoms with Gasteiger partial charge in [-0.25, -0.2) is 0 Å². The van der Waals surface area contributed by atoms with Crippen molar-refractivity contribution < 1.29 is 9.84 Å². The quantitative estimate of drug-likeness (QED) is 0.825. The maximum absolute atomic E-state index is 9.23. The van der Waals surface area contributed by atoms with Crippen LogP contribution in [0.5, 0.6) is 5.75 Å². The molecule has 0 aromatic carbocycles. The molecule has 0 aliphatic rings. The summed E-state index contributed by atoms with van der Waals surface area (Å²) < 4.78 is 5.32. The van der Waals surface area contributed by atoms with Gasteiger partial charge in [0, 0.05) is 23.0 Å². The van der Waals surface area contributed by atoms with Gasteiger partial charge < -0.3 is 9.84 Å². The first-order valence-electron chi connectivity index (χ1n) is 5.23. The molecule has 0 saturated carbocycles. The van der Waals surface area contributed by atoms with Crippen LogP contribution in [-0.2, 0) is 6.42 Å². The van der Waals surface area contributed by atoms with Crippen molar-refractivity contribution in [2.45, 2.75) is 39.7 Å². The lowest BCUT2D eigenvalue weighted by molar-refractivity contribution is 0.184. The van der Waals surface area contributed by atoms with Gasteiger partial charge in [-0.3, -0.25) is 4.98 Å².